The Hall–Kier alpha value is -8.18. The van der Waals surface area contributed by atoms with Crippen LogP contribution in [0, 0.1) is 0 Å². The van der Waals surface area contributed by atoms with Crippen molar-refractivity contribution in [3.63, 3.8) is 0 Å². The van der Waals surface area contributed by atoms with Crippen molar-refractivity contribution >= 4 is 87.0 Å². The lowest BCUT2D eigenvalue weighted by Gasteiger charge is -2.28. The van der Waals surface area contributed by atoms with E-state index in [0.717, 1.165) is 40.0 Å². The molecule has 1 amide bonds. The third-order valence-corrected chi connectivity index (χ3v) is 16.9. The number of hydrogen-bond donors (Lipinski definition) is 2. The molecule has 2 saturated heterocycles. The number of nitrogen functional groups attached to an aromatic ring is 2. The number of nitrogens with two attached hydrogens (primary N) is 2. The molecule has 2 fully saturated rings. The molecule has 4 aromatic carbocycles. The molecule has 3 aliphatic rings. The Kier molecular flexibility index (Phi) is 17.4. The highest BCUT2D eigenvalue weighted by molar-refractivity contribution is 7.98. The zero-order valence-corrected chi connectivity index (χ0v) is 48.5. The van der Waals surface area contributed by atoms with Crippen molar-refractivity contribution in [3.05, 3.63) is 139 Å². The lowest BCUT2D eigenvalue weighted by Crippen LogP contribution is -2.35. The Balaban J connectivity index is 0.635. The number of benzene rings is 4. The van der Waals surface area contributed by atoms with Crippen LogP contribution in [-0.4, -0.2) is 136 Å². The van der Waals surface area contributed by atoms with Gasteiger partial charge in [0, 0.05) is 23.3 Å². The molecule has 0 spiro atoms. The predicted molar refractivity (Wildman–Crippen MR) is 312 cm³/mol. The number of ether oxygens (including phenoxy) is 5. The molecule has 0 aliphatic carbocycles. The molecule has 2 radical (unpaired) electrons. The average Bonchev–Trinajstić information content (AvgIpc) is 1.81. The van der Waals surface area contributed by atoms with Gasteiger partial charge in [-0.1, -0.05) is 66.7 Å². The summed E-state index contributed by atoms with van der Waals surface area (Å²) in [6.45, 7) is 1.80. The summed E-state index contributed by atoms with van der Waals surface area (Å²) in [6.07, 6.45) is -7.68. The van der Waals surface area contributed by atoms with Gasteiger partial charge in [0.25, 0.3) is 7.47 Å². The number of para-hydroxylation sites is 1. The Bertz CT molecular complexity index is 4040. The number of thioether (sulfide) groups is 1. The Morgan fingerprint density at radius 3 is 2.10 bits per heavy atom. The van der Waals surface area contributed by atoms with Gasteiger partial charge >= 0.3 is 14.7 Å². The highest BCUT2D eigenvalue weighted by atomic mass is 32.2. The summed E-state index contributed by atoms with van der Waals surface area (Å²) in [5.74, 6) is 0.846. The van der Waals surface area contributed by atoms with Crippen LogP contribution in [0.4, 0.5) is 26.1 Å². The van der Waals surface area contributed by atoms with Crippen LogP contribution in [0.25, 0.3) is 44.8 Å². The molecule has 0 bridgehead atoms. The summed E-state index contributed by atoms with van der Waals surface area (Å²) in [6, 6.07) is 29.1. The zero-order valence-electron chi connectivity index (χ0n) is 45.9. The van der Waals surface area contributed by atoms with Crippen LogP contribution in [0.1, 0.15) is 47.3 Å². The van der Waals surface area contributed by atoms with E-state index in [-0.39, 0.29) is 59.0 Å². The van der Waals surface area contributed by atoms with Gasteiger partial charge in [-0.15, -0.1) is 16.9 Å². The van der Waals surface area contributed by atoms with E-state index >= 15 is 8.78 Å². The largest absolute Gasteiger partial charge is 0.492 e. The predicted octanol–water partition coefficient (Wildman–Crippen LogP) is 7.96. The molecule has 4 N–H and O–H groups in total. The first-order valence-corrected chi connectivity index (χ1v) is 30.5. The van der Waals surface area contributed by atoms with E-state index in [0.29, 0.717) is 48.0 Å². The second-order valence-electron chi connectivity index (χ2n) is 20.0. The highest BCUT2D eigenvalue weighted by Crippen LogP contribution is 2.50. The number of esters is 1. The van der Waals surface area contributed by atoms with E-state index in [1.54, 1.807) is 53.2 Å². The molecule has 446 valence electrons. The van der Waals surface area contributed by atoms with Gasteiger partial charge in [-0.3, -0.25) is 23.0 Å². The van der Waals surface area contributed by atoms with Crippen molar-refractivity contribution in [2.45, 2.75) is 81.4 Å². The molecule has 26 nitrogen and oxygen atoms in total. The number of carbonyl (C=O) groups is 2. The Morgan fingerprint density at radius 1 is 0.793 bits per heavy atom. The number of amides is 1. The molecule has 87 heavy (non-hydrogen) atoms. The summed E-state index contributed by atoms with van der Waals surface area (Å²) < 4.78 is 108. The molecule has 12 rings (SSSR count). The number of nitrogens with zero attached hydrogens (tertiary/aromatic N) is 12. The van der Waals surface area contributed by atoms with Gasteiger partial charge < -0.3 is 49.1 Å². The lowest BCUT2D eigenvalue weighted by molar-refractivity contribution is -0.118. The Morgan fingerprint density at radius 2 is 1.43 bits per heavy atom. The van der Waals surface area contributed by atoms with Crippen LogP contribution in [0.2, 0.25) is 0 Å². The minimum Gasteiger partial charge on any atom is -0.492 e. The fourth-order valence-electron chi connectivity index (χ4n) is 10.4. The smallest absolute Gasteiger partial charge is 0.343 e. The Labute approximate surface area is 500 Å². The van der Waals surface area contributed by atoms with Crippen molar-refractivity contribution < 1.29 is 64.8 Å². The van der Waals surface area contributed by atoms with Gasteiger partial charge in [0.2, 0.25) is 13.5 Å². The maximum Gasteiger partial charge on any atom is 0.343 e. The molecule has 3 aliphatic heterocycles. The number of imidazole rings is 2. The van der Waals surface area contributed by atoms with Crippen LogP contribution >= 0.6 is 27.9 Å². The average molecular weight is 1240 g/mol. The minimum absolute atomic E-state index is 0.00181. The maximum absolute atomic E-state index is 16.7. The molecule has 0 saturated carbocycles. The van der Waals surface area contributed by atoms with Crippen LogP contribution in [-0.2, 0) is 60.5 Å². The van der Waals surface area contributed by atoms with Crippen molar-refractivity contribution in [2.24, 2.45) is 0 Å². The van der Waals surface area contributed by atoms with Gasteiger partial charge in [-0.2, -0.15) is 0 Å². The van der Waals surface area contributed by atoms with E-state index in [1.165, 1.54) is 39.9 Å². The van der Waals surface area contributed by atoms with Crippen molar-refractivity contribution in [2.75, 3.05) is 42.1 Å². The number of halogens is 2. The van der Waals surface area contributed by atoms with E-state index in [9.17, 15) is 18.7 Å². The minimum atomic E-state index is -4.76. The summed E-state index contributed by atoms with van der Waals surface area (Å²) in [5, 5.41) is 9.14. The third kappa shape index (κ3) is 12.3. The normalized spacial score (nSPS) is 21.5. The molecule has 1 unspecified atom stereocenters. The second kappa shape index (κ2) is 25.6. The van der Waals surface area contributed by atoms with Crippen molar-refractivity contribution in [1.82, 2.24) is 54.0 Å². The van der Waals surface area contributed by atoms with Crippen LogP contribution in [0.3, 0.4) is 0 Å². The summed E-state index contributed by atoms with van der Waals surface area (Å²) in [4.78, 5) is 52.8. The molecule has 32 heteroatoms. The standard InChI is InChI=1S/C55H51BF2N14O12P2S/c1-2-40(73)69-21-32-7-3-4-8-35(32)43-46(36-9-5-6-10-37(36)69)72(68-67-43)19-20-78-33-17-13-31(14-18-33)55(74)80-34-15-11-30(12-16-34)24-87-29-77-22-38-48(42(58)54(81-38)71-28-66-45-50(60)62-26-64-52(45)71)84-86(56,76)79-23-39-47(83-85-75)41(57)53(82-39)70-27-65-44-49(59)61-25-63-51(44)70/h3-18,25-28,38-39,41-42,47-48,53-54H,2,19-24,29H2,1H3,(H2,59,61,63)(H2,60,62,64)/t38-,39-,41-,42-,47-,48-,53-,54-,86?/m1/s1. The number of anilines is 3. The quantitative estimate of drug-likeness (QED) is 0.0162. The maximum atomic E-state index is 16.7. The number of alkyl halides is 2. The SMILES string of the molecule is [B]P(=O)(OC[C@H]1O[C@@H](n2cnc3c(N)ncnc32)[C@H](F)[C@@H]1OP=O)O[C@H]1[C@@H](F)[C@H](n2cnc3c(N)ncnc32)O[C@@H]1COCSCc1ccc(OC(=O)c2ccc(OCCn3nnc4c3-c3ccccc3N(C(=O)CC)Cc3ccccc3-4)cc2)cc1. The molecular formula is C55H51BF2N14O12P2S. The topological polar surface area (TPSA) is 315 Å². The first-order chi connectivity index (χ1) is 42.3. The summed E-state index contributed by atoms with van der Waals surface area (Å²) >= 11 is 1.36. The lowest BCUT2D eigenvalue weighted by atomic mass is 9.95. The van der Waals surface area contributed by atoms with Crippen LogP contribution in [0.5, 0.6) is 11.5 Å². The first kappa shape index (κ1) is 59.2. The van der Waals surface area contributed by atoms with Gasteiger partial charge in [0.05, 0.1) is 61.8 Å². The first-order valence-electron chi connectivity index (χ1n) is 27.0. The fourth-order valence-corrected chi connectivity index (χ4v) is 12.5. The van der Waals surface area contributed by atoms with Crippen LogP contribution in [0.15, 0.2) is 122 Å². The molecule has 5 aromatic heterocycles. The number of fused-ring (bicyclic) bond motifs is 7. The molecule has 8 heterocycles. The van der Waals surface area contributed by atoms with Crippen molar-refractivity contribution in [1.29, 1.82) is 0 Å². The van der Waals surface area contributed by atoms with Gasteiger partial charge in [-0.05, 0) is 53.6 Å². The van der Waals surface area contributed by atoms with Gasteiger partial charge in [0.15, 0.2) is 47.7 Å². The summed E-state index contributed by atoms with van der Waals surface area (Å²) in [7, 11) is 0.423. The number of carbonyl (C=O) groups excluding carboxylic acids is 2. The van der Waals surface area contributed by atoms with E-state index in [4.69, 9.17) is 56.3 Å². The number of rotatable bonds is 22. The zero-order chi connectivity index (χ0) is 60.3. The van der Waals surface area contributed by atoms with E-state index < -0.39 is 78.0 Å². The molecule has 9 aromatic rings. The number of hydrogen-bond acceptors (Lipinski definition) is 23. The van der Waals surface area contributed by atoms with E-state index in [2.05, 4.69) is 40.2 Å². The molecular weight excluding hydrogens is 1190 g/mol. The van der Waals surface area contributed by atoms with Crippen LogP contribution < -0.4 is 25.8 Å². The van der Waals surface area contributed by atoms with Crippen molar-refractivity contribution in [3.8, 4) is 34.0 Å². The van der Waals surface area contributed by atoms with Gasteiger partial charge in [0.1, 0.15) is 71.9 Å². The molecule has 9 atom stereocenters. The van der Waals surface area contributed by atoms with E-state index in [1.807, 2.05) is 60.4 Å². The third-order valence-electron chi connectivity index (χ3n) is 14.6. The monoisotopic (exact) mass is 1240 g/mol. The second-order valence-corrected chi connectivity index (χ2v) is 22.8. The van der Waals surface area contributed by atoms with Gasteiger partial charge in [-0.25, -0.2) is 52.7 Å². The summed E-state index contributed by atoms with van der Waals surface area (Å²) in [5.41, 5.74) is 18.6. The number of aromatic nitrogens is 11. The highest BCUT2D eigenvalue weighted by Gasteiger charge is 2.52. The fraction of sp³-hybridized carbons (Fsp3) is 0.309.